The van der Waals surface area contributed by atoms with Gasteiger partial charge in [-0.25, -0.2) is 0 Å². The van der Waals surface area contributed by atoms with Gasteiger partial charge in [-0.15, -0.1) is 0 Å². The van der Waals surface area contributed by atoms with Crippen LogP contribution in [0.3, 0.4) is 0 Å². The van der Waals surface area contributed by atoms with Crippen LogP contribution in [0.4, 0.5) is 0 Å². The molecule has 14 heavy (non-hydrogen) atoms. The van der Waals surface area contributed by atoms with Crippen LogP contribution in [-0.2, 0) is 9.47 Å². The lowest BCUT2D eigenvalue weighted by Gasteiger charge is -2.25. The third-order valence-electron chi connectivity index (χ3n) is 2.02. The largest absolute Gasteiger partial charge is 0.497 e. The maximum absolute atomic E-state index is 5.94. The molecule has 1 aliphatic heterocycles. The molecular formula is C11H21NO2. The molecule has 0 spiro atoms. The average Bonchev–Trinajstić information content (AvgIpc) is 2.14. The Kier molecular flexibility index (Phi) is 3.96. The topological polar surface area (TPSA) is 44.5 Å². The Bertz CT molecular complexity index is 206. The number of allylic oxidation sites excluding steroid dienone is 1. The summed E-state index contributed by atoms with van der Waals surface area (Å²) in [5.74, 6) is 0.889. The van der Waals surface area contributed by atoms with Gasteiger partial charge in [-0.05, 0) is 39.7 Å². The number of rotatable bonds is 3. The van der Waals surface area contributed by atoms with Crippen molar-refractivity contribution >= 4 is 0 Å². The van der Waals surface area contributed by atoms with Crippen molar-refractivity contribution in [2.45, 2.75) is 45.3 Å². The molecule has 0 saturated carbocycles. The lowest BCUT2D eigenvalue weighted by Crippen LogP contribution is -2.34. The number of ether oxygens (including phenoxy) is 2. The highest BCUT2D eigenvalue weighted by molar-refractivity contribution is 5.04. The minimum atomic E-state index is -0.132. The molecule has 0 radical (unpaired) electrons. The average molecular weight is 199 g/mol. The van der Waals surface area contributed by atoms with E-state index in [2.05, 4.69) is 6.08 Å². The van der Waals surface area contributed by atoms with Crippen LogP contribution in [0.5, 0.6) is 0 Å². The van der Waals surface area contributed by atoms with Crippen molar-refractivity contribution in [1.82, 2.24) is 0 Å². The Morgan fingerprint density at radius 3 is 2.79 bits per heavy atom. The molecule has 0 saturated heterocycles. The zero-order valence-corrected chi connectivity index (χ0v) is 9.38. The fraction of sp³-hybridized carbons (Fsp3) is 0.818. The van der Waals surface area contributed by atoms with Gasteiger partial charge in [-0.3, -0.25) is 0 Å². The smallest absolute Gasteiger partial charge is 0.111 e. The second kappa shape index (κ2) is 4.80. The van der Waals surface area contributed by atoms with Crippen LogP contribution in [0.25, 0.3) is 0 Å². The third-order valence-corrected chi connectivity index (χ3v) is 2.02. The van der Waals surface area contributed by atoms with Gasteiger partial charge in [-0.1, -0.05) is 0 Å². The van der Waals surface area contributed by atoms with Gasteiger partial charge in [0.2, 0.25) is 0 Å². The molecule has 1 aliphatic rings. The van der Waals surface area contributed by atoms with Gasteiger partial charge < -0.3 is 15.2 Å². The van der Waals surface area contributed by atoms with E-state index in [1.807, 2.05) is 20.8 Å². The van der Waals surface area contributed by atoms with Gasteiger partial charge in [0.25, 0.3) is 0 Å². The van der Waals surface area contributed by atoms with E-state index in [9.17, 15) is 0 Å². The number of hydrogen-bond donors (Lipinski definition) is 1. The molecule has 1 unspecified atom stereocenters. The lowest BCUT2D eigenvalue weighted by molar-refractivity contribution is -0.0130. The highest BCUT2D eigenvalue weighted by atomic mass is 16.5. The molecular weight excluding hydrogens is 178 g/mol. The quantitative estimate of drug-likeness (QED) is 0.754. The fourth-order valence-corrected chi connectivity index (χ4v) is 1.26. The molecule has 2 N–H and O–H groups in total. The van der Waals surface area contributed by atoms with Gasteiger partial charge in [0.15, 0.2) is 0 Å². The molecule has 1 rings (SSSR count). The molecule has 1 heterocycles. The highest BCUT2D eigenvalue weighted by Gasteiger charge is 2.17. The molecule has 0 aliphatic carbocycles. The van der Waals surface area contributed by atoms with Gasteiger partial charge in [-0.2, -0.15) is 0 Å². The summed E-state index contributed by atoms with van der Waals surface area (Å²) in [7, 11) is 0. The first kappa shape index (κ1) is 11.5. The Labute approximate surface area is 86.3 Å². The molecule has 1 atom stereocenters. The number of hydrogen-bond acceptors (Lipinski definition) is 3. The number of nitrogens with two attached hydrogens (primary N) is 1. The van der Waals surface area contributed by atoms with Crippen molar-refractivity contribution in [2.24, 2.45) is 5.73 Å². The predicted octanol–water partition coefficient (Wildman–Crippen LogP) is 1.82. The van der Waals surface area contributed by atoms with E-state index in [0.29, 0.717) is 6.61 Å². The molecule has 3 nitrogen and oxygen atoms in total. The molecule has 82 valence electrons. The van der Waals surface area contributed by atoms with Gasteiger partial charge in [0, 0.05) is 0 Å². The summed E-state index contributed by atoms with van der Waals surface area (Å²) < 4.78 is 11.1. The van der Waals surface area contributed by atoms with E-state index in [1.165, 1.54) is 0 Å². The molecule has 0 aromatic heterocycles. The first-order valence-electron chi connectivity index (χ1n) is 5.21. The summed E-state index contributed by atoms with van der Waals surface area (Å²) in [4.78, 5) is 0. The van der Waals surface area contributed by atoms with E-state index < -0.39 is 0 Å². The maximum atomic E-state index is 5.94. The second-order valence-electron chi connectivity index (χ2n) is 4.63. The maximum Gasteiger partial charge on any atom is 0.111 e. The van der Waals surface area contributed by atoms with Crippen LogP contribution in [0.1, 0.15) is 33.6 Å². The summed E-state index contributed by atoms with van der Waals surface area (Å²) >= 11 is 0. The van der Waals surface area contributed by atoms with Crippen LogP contribution >= 0.6 is 0 Å². The molecule has 3 heteroatoms. The Hall–Kier alpha value is -0.540. The monoisotopic (exact) mass is 199 g/mol. The normalized spacial score (nSPS) is 19.9. The predicted molar refractivity (Wildman–Crippen MR) is 56.9 cm³/mol. The van der Waals surface area contributed by atoms with E-state index >= 15 is 0 Å². The summed E-state index contributed by atoms with van der Waals surface area (Å²) in [6.45, 7) is 7.38. The van der Waals surface area contributed by atoms with E-state index in [4.69, 9.17) is 15.2 Å². The van der Waals surface area contributed by atoms with Crippen LogP contribution in [-0.4, -0.2) is 24.9 Å². The summed E-state index contributed by atoms with van der Waals surface area (Å²) in [6.07, 6.45) is 4.23. The van der Waals surface area contributed by atoms with Gasteiger partial charge in [0.05, 0.1) is 24.9 Å². The zero-order valence-electron chi connectivity index (χ0n) is 9.38. The summed E-state index contributed by atoms with van der Waals surface area (Å²) in [5.41, 5.74) is 5.81. The van der Waals surface area contributed by atoms with Crippen molar-refractivity contribution in [3.63, 3.8) is 0 Å². The van der Waals surface area contributed by atoms with Crippen LogP contribution in [0.2, 0.25) is 0 Å². The highest BCUT2D eigenvalue weighted by Crippen LogP contribution is 2.14. The van der Waals surface area contributed by atoms with Gasteiger partial charge in [0.1, 0.15) is 5.76 Å². The van der Waals surface area contributed by atoms with Crippen molar-refractivity contribution in [3.05, 3.63) is 11.8 Å². The minimum Gasteiger partial charge on any atom is -0.497 e. The van der Waals surface area contributed by atoms with Crippen LogP contribution < -0.4 is 5.73 Å². The van der Waals surface area contributed by atoms with Crippen molar-refractivity contribution in [3.8, 4) is 0 Å². The van der Waals surface area contributed by atoms with Crippen molar-refractivity contribution < 1.29 is 9.47 Å². The van der Waals surface area contributed by atoms with Crippen LogP contribution in [0.15, 0.2) is 11.8 Å². The third kappa shape index (κ3) is 4.11. The summed E-state index contributed by atoms with van der Waals surface area (Å²) in [6, 6.07) is -0.116. The fourth-order valence-electron chi connectivity index (χ4n) is 1.26. The second-order valence-corrected chi connectivity index (χ2v) is 4.63. The van der Waals surface area contributed by atoms with E-state index in [1.54, 1.807) is 0 Å². The van der Waals surface area contributed by atoms with E-state index in [-0.39, 0.29) is 11.6 Å². The molecule has 0 bridgehead atoms. The SMILES string of the molecule is CC(C)(C)OCC(N)C1=CCCCO1. The molecule has 0 aromatic carbocycles. The summed E-state index contributed by atoms with van der Waals surface area (Å²) in [5, 5.41) is 0. The lowest BCUT2D eigenvalue weighted by atomic mass is 10.1. The first-order valence-corrected chi connectivity index (χ1v) is 5.21. The van der Waals surface area contributed by atoms with Crippen molar-refractivity contribution in [2.75, 3.05) is 13.2 Å². The molecule has 0 amide bonds. The Morgan fingerprint density at radius 1 is 1.57 bits per heavy atom. The Balaban J connectivity index is 2.34. The first-order chi connectivity index (χ1) is 6.49. The van der Waals surface area contributed by atoms with Crippen molar-refractivity contribution in [1.29, 1.82) is 0 Å². The van der Waals surface area contributed by atoms with E-state index in [0.717, 1.165) is 25.2 Å². The molecule has 0 fully saturated rings. The van der Waals surface area contributed by atoms with Gasteiger partial charge >= 0.3 is 0 Å². The molecule has 0 aromatic rings. The standard InChI is InChI=1S/C11H21NO2/c1-11(2,3)14-8-9(12)10-6-4-5-7-13-10/h6,9H,4-5,7-8,12H2,1-3H3. The Morgan fingerprint density at radius 2 is 2.29 bits per heavy atom. The van der Waals surface area contributed by atoms with Crippen LogP contribution in [0, 0.1) is 0 Å². The minimum absolute atomic E-state index is 0.116. The zero-order chi connectivity index (χ0) is 10.6.